The van der Waals surface area contributed by atoms with E-state index in [1.807, 2.05) is 0 Å². The molecule has 0 spiro atoms. The molecule has 128 valence electrons. The molecule has 4 atom stereocenters. The zero-order chi connectivity index (χ0) is 16.7. The summed E-state index contributed by atoms with van der Waals surface area (Å²) in [7, 11) is 1.29. The van der Waals surface area contributed by atoms with Gasteiger partial charge in [0.15, 0.2) is 0 Å². The van der Waals surface area contributed by atoms with Gasteiger partial charge in [-0.3, -0.25) is 10.0 Å². The highest BCUT2D eigenvalue weighted by atomic mass is 16.5. The molecule has 0 unspecified atom stereocenters. The lowest BCUT2D eigenvalue weighted by Crippen LogP contribution is -2.31. The van der Waals surface area contributed by atoms with Crippen LogP contribution >= 0.6 is 0 Å². The molecule has 1 fully saturated rings. The van der Waals surface area contributed by atoms with E-state index in [-0.39, 0.29) is 18.8 Å². The summed E-state index contributed by atoms with van der Waals surface area (Å²) >= 11 is 0. The summed E-state index contributed by atoms with van der Waals surface area (Å²) in [4.78, 5) is 11.5. The predicted octanol–water partition coefficient (Wildman–Crippen LogP) is 1.49. The summed E-state index contributed by atoms with van der Waals surface area (Å²) in [5, 5.41) is 28.5. The Morgan fingerprint density at radius 3 is 2.77 bits per heavy atom. The second-order valence-electron chi connectivity index (χ2n) is 6.20. The van der Waals surface area contributed by atoms with E-state index in [0.29, 0.717) is 24.3 Å². The van der Waals surface area contributed by atoms with Crippen molar-refractivity contribution in [2.75, 3.05) is 13.7 Å². The summed E-state index contributed by atoms with van der Waals surface area (Å²) in [6.07, 6.45) is 3.34. The average Bonchev–Trinajstić information content (AvgIpc) is 2.82. The van der Waals surface area contributed by atoms with E-state index in [0.717, 1.165) is 24.8 Å². The number of aliphatic hydroxyl groups excluding tert-OH is 2. The van der Waals surface area contributed by atoms with Crippen molar-refractivity contribution >= 4 is 5.91 Å². The topological polar surface area (TPSA) is 90.2 Å². The molecule has 1 rings (SSSR count). The third-order valence-electron chi connectivity index (χ3n) is 4.11. The zero-order valence-corrected chi connectivity index (χ0v) is 13.6. The van der Waals surface area contributed by atoms with Crippen LogP contribution in [0.4, 0.5) is 0 Å². The molecule has 6 heteroatoms. The minimum absolute atomic E-state index is 0.0511. The van der Waals surface area contributed by atoms with E-state index in [1.54, 1.807) is 6.92 Å². The number of rotatable bonds is 9. The molecular weight excluding hydrogens is 286 g/mol. The van der Waals surface area contributed by atoms with Gasteiger partial charge in [-0.1, -0.05) is 13.5 Å². The fraction of sp³-hybridized carbons (Fsp3) is 0.812. The number of nitrogens with zero attached hydrogens (tertiary/aromatic N) is 1. The van der Waals surface area contributed by atoms with Crippen molar-refractivity contribution in [2.24, 2.45) is 5.92 Å². The number of carbonyl (C=O) groups is 1. The lowest BCUT2D eigenvalue weighted by atomic mass is 9.96. The number of amides is 1. The van der Waals surface area contributed by atoms with Crippen LogP contribution in [0.1, 0.15) is 45.4 Å². The molecule has 1 aliphatic heterocycles. The molecule has 1 amide bonds. The van der Waals surface area contributed by atoms with Crippen molar-refractivity contribution < 1.29 is 25.0 Å². The minimum atomic E-state index is -0.605. The normalized spacial score (nSPS) is 24.3. The van der Waals surface area contributed by atoms with Gasteiger partial charge in [-0.2, -0.15) is 0 Å². The second kappa shape index (κ2) is 9.25. The summed E-state index contributed by atoms with van der Waals surface area (Å²) < 4.78 is 5.88. The van der Waals surface area contributed by atoms with Crippen molar-refractivity contribution in [3.8, 4) is 0 Å². The van der Waals surface area contributed by atoms with Gasteiger partial charge in [-0.05, 0) is 44.1 Å². The standard InChI is InChI=1S/C16H29NO5/c1-11-10-14(5-4-8-18)22-15(11)7-6-13(19)9-12(2)16(20)17(3)21/h12-15,18-19,21H,1,4-10H2,2-3H3/t12-,13-,14+,15+/m1/s1. The Morgan fingerprint density at radius 2 is 2.18 bits per heavy atom. The van der Waals surface area contributed by atoms with Crippen molar-refractivity contribution in [3.63, 3.8) is 0 Å². The Morgan fingerprint density at radius 1 is 1.50 bits per heavy atom. The third-order valence-corrected chi connectivity index (χ3v) is 4.11. The van der Waals surface area contributed by atoms with E-state index in [2.05, 4.69) is 6.58 Å². The van der Waals surface area contributed by atoms with Gasteiger partial charge in [-0.15, -0.1) is 0 Å². The van der Waals surface area contributed by atoms with E-state index >= 15 is 0 Å². The van der Waals surface area contributed by atoms with E-state index in [1.165, 1.54) is 7.05 Å². The number of ether oxygens (including phenoxy) is 1. The Labute approximate surface area is 132 Å². The molecule has 0 saturated carbocycles. The van der Waals surface area contributed by atoms with E-state index < -0.39 is 17.9 Å². The molecule has 6 nitrogen and oxygen atoms in total. The van der Waals surface area contributed by atoms with Crippen LogP contribution in [-0.2, 0) is 9.53 Å². The van der Waals surface area contributed by atoms with Crippen LogP contribution in [0.15, 0.2) is 12.2 Å². The number of hydroxylamine groups is 2. The lowest BCUT2D eigenvalue weighted by molar-refractivity contribution is -0.164. The molecular formula is C16H29NO5. The fourth-order valence-corrected chi connectivity index (χ4v) is 2.85. The zero-order valence-electron chi connectivity index (χ0n) is 13.6. The van der Waals surface area contributed by atoms with Crippen LogP contribution in [0.2, 0.25) is 0 Å². The first kappa shape index (κ1) is 19.1. The van der Waals surface area contributed by atoms with Gasteiger partial charge >= 0.3 is 0 Å². The average molecular weight is 315 g/mol. The smallest absolute Gasteiger partial charge is 0.248 e. The first-order chi connectivity index (χ1) is 10.3. The molecule has 0 bridgehead atoms. The molecule has 0 aromatic carbocycles. The molecule has 0 aliphatic carbocycles. The third kappa shape index (κ3) is 6.04. The predicted molar refractivity (Wildman–Crippen MR) is 82.3 cm³/mol. The number of hydrogen-bond acceptors (Lipinski definition) is 5. The maximum absolute atomic E-state index is 11.5. The molecule has 3 N–H and O–H groups in total. The van der Waals surface area contributed by atoms with Crippen LogP contribution in [0.25, 0.3) is 0 Å². The maximum atomic E-state index is 11.5. The highest BCUT2D eigenvalue weighted by Gasteiger charge is 2.29. The Hall–Kier alpha value is -0.950. The fourth-order valence-electron chi connectivity index (χ4n) is 2.85. The van der Waals surface area contributed by atoms with Crippen LogP contribution in [-0.4, -0.2) is 58.4 Å². The van der Waals surface area contributed by atoms with E-state index in [9.17, 15) is 9.90 Å². The Balaban J connectivity index is 2.30. The highest BCUT2D eigenvalue weighted by Crippen LogP contribution is 2.30. The number of aliphatic hydroxyl groups is 2. The number of hydrogen-bond donors (Lipinski definition) is 3. The molecule has 1 heterocycles. The van der Waals surface area contributed by atoms with Crippen molar-refractivity contribution in [1.82, 2.24) is 5.06 Å². The minimum Gasteiger partial charge on any atom is -0.396 e. The summed E-state index contributed by atoms with van der Waals surface area (Å²) in [5.41, 5.74) is 1.04. The first-order valence-corrected chi connectivity index (χ1v) is 7.93. The molecule has 1 aliphatic rings. The van der Waals surface area contributed by atoms with Gasteiger partial charge in [0.1, 0.15) is 0 Å². The molecule has 1 saturated heterocycles. The van der Waals surface area contributed by atoms with Gasteiger partial charge in [0, 0.05) is 19.6 Å². The van der Waals surface area contributed by atoms with Gasteiger partial charge in [0.2, 0.25) is 5.91 Å². The van der Waals surface area contributed by atoms with Crippen molar-refractivity contribution in [1.29, 1.82) is 0 Å². The first-order valence-electron chi connectivity index (χ1n) is 7.93. The van der Waals surface area contributed by atoms with Crippen molar-refractivity contribution in [3.05, 3.63) is 12.2 Å². The van der Waals surface area contributed by atoms with Crippen LogP contribution in [0.3, 0.4) is 0 Å². The number of carbonyl (C=O) groups excluding carboxylic acids is 1. The lowest BCUT2D eigenvalue weighted by Gasteiger charge is -2.20. The molecule has 0 aromatic heterocycles. The van der Waals surface area contributed by atoms with Gasteiger partial charge < -0.3 is 14.9 Å². The highest BCUT2D eigenvalue weighted by molar-refractivity contribution is 5.76. The van der Waals surface area contributed by atoms with Crippen molar-refractivity contribution in [2.45, 2.75) is 63.8 Å². The van der Waals surface area contributed by atoms with Gasteiger partial charge in [-0.25, -0.2) is 5.06 Å². The van der Waals surface area contributed by atoms with Crippen LogP contribution in [0, 0.1) is 5.92 Å². The van der Waals surface area contributed by atoms with Crippen LogP contribution < -0.4 is 0 Å². The Kier molecular flexibility index (Phi) is 8.03. The molecule has 22 heavy (non-hydrogen) atoms. The van der Waals surface area contributed by atoms with Gasteiger partial charge in [0.25, 0.3) is 0 Å². The second-order valence-corrected chi connectivity index (χ2v) is 6.20. The van der Waals surface area contributed by atoms with Gasteiger partial charge in [0.05, 0.1) is 18.3 Å². The SMILES string of the molecule is C=C1C[C@H](CCCO)O[C@H]1CC[C@@H](O)C[C@@H](C)C(=O)N(C)O. The van der Waals surface area contributed by atoms with Crippen LogP contribution in [0.5, 0.6) is 0 Å². The van der Waals surface area contributed by atoms with E-state index in [4.69, 9.17) is 15.1 Å². The summed E-state index contributed by atoms with van der Waals surface area (Å²) in [5.74, 6) is -0.820. The largest absolute Gasteiger partial charge is 0.396 e. The summed E-state index contributed by atoms with van der Waals surface area (Å²) in [6, 6.07) is 0. The maximum Gasteiger partial charge on any atom is 0.248 e. The summed E-state index contributed by atoms with van der Waals surface area (Å²) in [6.45, 7) is 5.88. The molecule has 0 aromatic rings. The Bertz CT molecular complexity index is 372. The molecule has 0 radical (unpaired) electrons. The quantitative estimate of drug-likeness (QED) is 0.341. The monoisotopic (exact) mass is 315 g/mol.